The zero-order chi connectivity index (χ0) is 12.7. The van der Waals surface area contributed by atoms with Crippen LogP contribution in [0.1, 0.15) is 48.5 Å². The molecule has 2 nitrogen and oxygen atoms in total. The molecular weight excluding hydrogens is 234 g/mol. The van der Waals surface area contributed by atoms with E-state index in [0.29, 0.717) is 0 Å². The van der Waals surface area contributed by atoms with Crippen molar-refractivity contribution in [2.45, 2.75) is 44.4 Å². The summed E-state index contributed by atoms with van der Waals surface area (Å²) >= 11 is 0. The van der Waals surface area contributed by atoms with Gasteiger partial charge in [-0.3, -0.25) is 0 Å². The third-order valence-corrected chi connectivity index (χ3v) is 4.79. The molecule has 2 heterocycles. The summed E-state index contributed by atoms with van der Waals surface area (Å²) in [5, 5.41) is 4.84. The molecule has 0 bridgehead atoms. The molecule has 1 aromatic carbocycles. The highest BCUT2D eigenvalue weighted by atomic mass is 16.3. The second-order valence-corrected chi connectivity index (χ2v) is 5.99. The van der Waals surface area contributed by atoms with Crippen molar-refractivity contribution in [3.63, 3.8) is 0 Å². The molecule has 19 heavy (non-hydrogen) atoms. The summed E-state index contributed by atoms with van der Waals surface area (Å²) in [4.78, 5) is 0. The number of nitrogens with one attached hydrogen (secondary N) is 1. The highest BCUT2D eigenvalue weighted by Crippen LogP contribution is 2.35. The normalized spacial score (nSPS) is 20.6. The number of fused-ring (bicyclic) bond motifs is 3. The van der Waals surface area contributed by atoms with Crippen molar-refractivity contribution in [1.29, 1.82) is 0 Å². The summed E-state index contributed by atoms with van der Waals surface area (Å²) in [6.07, 6.45) is 7.48. The maximum absolute atomic E-state index is 6.02. The monoisotopic (exact) mass is 255 g/mol. The maximum Gasteiger partial charge on any atom is 0.134 e. The highest BCUT2D eigenvalue weighted by molar-refractivity contribution is 5.83. The van der Waals surface area contributed by atoms with Crippen molar-refractivity contribution < 1.29 is 4.42 Å². The SMILES string of the molecule is c1cc2oc3c(c2cc1C1CCNCC1)CCCC3. The Balaban J connectivity index is 1.77. The van der Waals surface area contributed by atoms with E-state index in [9.17, 15) is 0 Å². The van der Waals surface area contributed by atoms with Gasteiger partial charge in [-0.25, -0.2) is 0 Å². The molecule has 2 heteroatoms. The number of rotatable bonds is 1. The fourth-order valence-corrected chi connectivity index (χ4v) is 3.69. The van der Waals surface area contributed by atoms with Gasteiger partial charge in [-0.2, -0.15) is 0 Å². The lowest BCUT2D eigenvalue weighted by molar-refractivity contribution is 0.460. The first-order valence-electron chi connectivity index (χ1n) is 7.67. The molecule has 4 rings (SSSR count). The van der Waals surface area contributed by atoms with Gasteiger partial charge >= 0.3 is 0 Å². The summed E-state index contributed by atoms with van der Waals surface area (Å²) in [5.74, 6) is 1.99. The molecule has 1 fully saturated rings. The lowest BCUT2D eigenvalue weighted by Gasteiger charge is -2.23. The summed E-state index contributed by atoms with van der Waals surface area (Å²) in [6, 6.07) is 6.90. The second-order valence-electron chi connectivity index (χ2n) is 5.99. The summed E-state index contributed by atoms with van der Waals surface area (Å²) in [5.41, 5.74) is 4.12. The zero-order valence-electron chi connectivity index (χ0n) is 11.4. The van der Waals surface area contributed by atoms with Gasteiger partial charge in [0.05, 0.1) is 0 Å². The van der Waals surface area contributed by atoms with Crippen molar-refractivity contribution >= 4 is 11.0 Å². The van der Waals surface area contributed by atoms with Gasteiger partial charge in [0.1, 0.15) is 11.3 Å². The Labute approximate surface area is 114 Å². The summed E-state index contributed by atoms with van der Waals surface area (Å²) in [7, 11) is 0. The Morgan fingerprint density at radius 1 is 1.05 bits per heavy atom. The fourth-order valence-electron chi connectivity index (χ4n) is 3.69. The van der Waals surface area contributed by atoms with Gasteiger partial charge < -0.3 is 9.73 Å². The highest BCUT2D eigenvalue weighted by Gasteiger charge is 2.20. The molecule has 0 atom stereocenters. The molecule has 1 saturated heterocycles. The number of benzene rings is 1. The lowest BCUT2D eigenvalue weighted by Crippen LogP contribution is -2.26. The molecule has 0 spiro atoms. The third kappa shape index (κ3) is 1.99. The molecule has 1 aromatic heterocycles. The number of aryl methyl sites for hydroxylation is 2. The molecule has 0 amide bonds. The molecule has 0 unspecified atom stereocenters. The van der Waals surface area contributed by atoms with Crippen LogP contribution in [0.15, 0.2) is 22.6 Å². The van der Waals surface area contributed by atoms with E-state index in [-0.39, 0.29) is 0 Å². The van der Waals surface area contributed by atoms with Gasteiger partial charge in [0.15, 0.2) is 0 Å². The molecule has 2 aliphatic rings. The van der Waals surface area contributed by atoms with Crippen LogP contribution in [0.4, 0.5) is 0 Å². The minimum atomic E-state index is 0.736. The van der Waals surface area contributed by atoms with Crippen molar-refractivity contribution in [3.8, 4) is 0 Å². The van der Waals surface area contributed by atoms with E-state index in [1.165, 1.54) is 54.4 Å². The van der Waals surface area contributed by atoms with Crippen molar-refractivity contribution in [2.75, 3.05) is 13.1 Å². The van der Waals surface area contributed by atoms with Crippen LogP contribution in [0.25, 0.3) is 11.0 Å². The van der Waals surface area contributed by atoms with E-state index in [2.05, 4.69) is 23.5 Å². The van der Waals surface area contributed by atoms with Crippen LogP contribution in [0.5, 0.6) is 0 Å². The van der Waals surface area contributed by atoms with E-state index >= 15 is 0 Å². The van der Waals surface area contributed by atoms with E-state index in [0.717, 1.165) is 31.0 Å². The third-order valence-electron chi connectivity index (χ3n) is 4.79. The smallest absolute Gasteiger partial charge is 0.134 e. The standard InChI is InChI=1S/C17H21NO/c1-2-4-16-14(3-1)15-11-13(5-6-17(15)19-16)12-7-9-18-10-8-12/h5-6,11-12,18H,1-4,7-10H2. The second kappa shape index (κ2) is 4.68. The van der Waals surface area contributed by atoms with Crippen LogP contribution in [-0.2, 0) is 12.8 Å². The van der Waals surface area contributed by atoms with Crippen LogP contribution < -0.4 is 5.32 Å². The molecule has 1 aliphatic heterocycles. The summed E-state index contributed by atoms with van der Waals surface area (Å²) in [6.45, 7) is 2.32. The largest absolute Gasteiger partial charge is 0.461 e. The van der Waals surface area contributed by atoms with Crippen molar-refractivity contribution in [1.82, 2.24) is 5.32 Å². The van der Waals surface area contributed by atoms with Gasteiger partial charge in [0, 0.05) is 17.4 Å². The first-order chi connectivity index (χ1) is 9.42. The molecule has 100 valence electrons. The maximum atomic E-state index is 6.02. The van der Waals surface area contributed by atoms with Gasteiger partial charge in [0.2, 0.25) is 0 Å². The van der Waals surface area contributed by atoms with Crippen LogP contribution in [-0.4, -0.2) is 13.1 Å². The van der Waals surface area contributed by atoms with Crippen molar-refractivity contribution in [2.24, 2.45) is 0 Å². The average molecular weight is 255 g/mol. The quantitative estimate of drug-likeness (QED) is 0.839. The first-order valence-corrected chi connectivity index (χ1v) is 7.67. The van der Waals surface area contributed by atoms with Crippen LogP contribution >= 0.6 is 0 Å². The predicted octanol–water partition coefficient (Wildman–Crippen LogP) is 3.78. The van der Waals surface area contributed by atoms with E-state index in [1.807, 2.05) is 0 Å². The Hall–Kier alpha value is -1.28. The number of hydrogen-bond donors (Lipinski definition) is 1. The number of furan rings is 1. The Morgan fingerprint density at radius 3 is 2.79 bits per heavy atom. The molecule has 1 aliphatic carbocycles. The van der Waals surface area contributed by atoms with Gasteiger partial charge in [-0.1, -0.05) is 6.07 Å². The van der Waals surface area contributed by atoms with E-state index in [4.69, 9.17) is 4.42 Å². The Bertz CT molecular complexity index is 593. The summed E-state index contributed by atoms with van der Waals surface area (Å²) < 4.78 is 6.02. The first kappa shape index (κ1) is 11.5. The topological polar surface area (TPSA) is 25.2 Å². The van der Waals surface area contributed by atoms with Crippen molar-refractivity contribution in [3.05, 3.63) is 35.1 Å². The molecule has 0 radical (unpaired) electrons. The number of piperidine rings is 1. The molecule has 2 aromatic rings. The van der Waals surface area contributed by atoms with Gasteiger partial charge in [-0.05, 0) is 68.8 Å². The predicted molar refractivity (Wildman–Crippen MR) is 77.7 cm³/mol. The zero-order valence-corrected chi connectivity index (χ0v) is 11.4. The van der Waals surface area contributed by atoms with Crippen LogP contribution in [0.2, 0.25) is 0 Å². The molecule has 1 N–H and O–H groups in total. The van der Waals surface area contributed by atoms with Gasteiger partial charge in [-0.15, -0.1) is 0 Å². The minimum absolute atomic E-state index is 0.736. The fraction of sp³-hybridized carbons (Fsp3) is 0.529. The molecular formula is C17H21NO. The number of hydrogen-bond acceptors (Lipinski definition) is 2. The van der Waals surface area contributed by atoms with E-state index in [1.54, 1.807) is 0 Å². The van der Waals surface area contributed by atoms with E-state index < -0.39 is 0 Å². The Morgan fingerprint density at radius 2 is 1.89 bits per heavy atom. The lowest BCUT2D eigenvalue weighted by atomic mass is 9.88. The minimum Gasteiger partial charge on any atom is -0.461 e. The van der Waals surface area contributed by atoms with Crippen LogP contribution in [0, 0.1) is 0 Å². The van der Waals surface area contributed by atoms with Gasteiger partial charge in [0.25, 0.3) is 0 Å². The Kier molecular flexibility index (Phi) is 2.84. The molecule has 0 saturated carbocycles. The average Bonchev–Trinajstić information content (AvgIpc) is 2.86. The van der Waals surface area contributed by atoms with Crippen LogP contribution in [0.3, 0.4) is 0 Å².